The molecule has 0 bridgehead atoms. The van der Waals surface area contributed by atoms with Crippen molar-refractivity contribution >= 4 is 42.8 Å². The molecule has 0 atom stereocenters. The lowest BCUT2D eigenvalue weighted by Crippen LogP contribution is -1.99. The summed E-state index contributed by atoms with van der Waals surface area (Å²) in [5.74, 6) is -0.170. The van der Waals surface area contributed by atoms with Crippen LogP contribution in [-0.4, -0.2) is 0 Å². The van der Waals surface area contributed by atoms with E-state index < -0.39 is 0 Å². The summed E-state index contributed by atoms with van der Waals surface area (Å²) in [6.07, 6.45) is 4.10. The summed E-state index contributed by atoms with van der Waals surface area (Å²) in [5.41, 5.74) is 8.23. The molecular weight excluding hydrogens is 467 g/mol. The molecule has 1 aliphatic carbocycles. The van der Waals surface area contributed by atoms with Gasteiger partial charge in [0.1, 0.15) is 5.82 Å². The Kier molecular flexibility index (Phi) is 5.08. The summed E-state index contributed by atoms with van der Waals surface area (Å²) < 4.78 is 16.0. The molecule has 6 aromatic rings. The van der Waals surface area contributed by atoms with E-state index in [0.717, 1.165) is 25.7 Å². The normalized spacial score (nSPS) is 12.0. The highest BCUT2D eigenvalue weighted by atomic mass is 32.1. The molecule has 0 radical (unpaired) electrons. The van der Waals surface area contributed by atoms with Gasteiger partial charge in [-0.1, -0.05) is 54.6 Å². The van der Waals surface area contributed by atoms with Crippen LogP contribution in [0.2, 0.25) is 0 Å². The Labute approximate surface area is 212 Å². The van der Waals surface area contributed by atoms with Crippen LogP contribution in [0.5, 0.6) is 0 Å². The van der Waals surface area contributed by atoms with Gasteiger partial charge in [0.25, 0.3) is 0 Å². The third-order valence-electron chi connectivity index (χ3n) is 7.12. The Morgan fingerprint density at radius 3 is 1.57 bits per heavy atom. The summed E-state index contributed by atoms with van der Waals surface area (Å²) in [6.45, 7) is 0. The number of aryl methyl sites for hydroxylation is 4. The average molecular weight is 491 g/mol. The lowest BCUT2D eigenvalue weighted by molar-refractivity contribution is 0.627. The van der Waals surface area contributed by atoms with Crippen LogP contribution in [0, 0.1) is 5.82 Å². The van der Waals surface area contributed by atoms with Gasteiger partial charge in [-0.05, 0) is 95.5 Å². The van der Waals surface area contributed by atoms with Crippen LogP contribution in [0.25, 0.3) is 42.4 Å². The van der Waals surface area contributed by atoms with Crippen molar-refractivity contribution in [1.29, 1.82) is 0 Å². The van der Waals surface area contributed by atoms with Gasteiger partial charge in [-0.15, -0.1) is 22.7 Å². The lowest BCUT2D eigenvalue weighted by Gasteiger charge is -2.25. The van der Waals surface area contributed by atoms with Gasteiger partial charge in [-0.3, -0.25) is 0 Å². The maximum absolute atomic E-state index is 13.2. The van der Waals surface area contributed by atoms with E-state index in [4.69, 9.17) is 0 Å². The first-order valence-electron chi connectivity index (χ1n) is 12.1. The van der Waals surface area contributed by atoms with E-state index in [1.54, 1.807) is 12.1 Å². The predicted molar refractivity (Wildman–Crippen MR) is 149 cm³/mol. The number of halogens is 1. The molecule has 0 spiro atoms. The number of fused-ring (bicyclic) bond motifs is 8. The summed E-state index contributed by atoms with van der Waals surface area (Å²) in [6, 6.07) is 31.7. The quantitative estimate of drug-likeness (QED) is 0.218. The Balaban J connectivity index is 1.17. The molecule has 3 heteroatoms. The Bertz CT molecular complexity index is 1690. The molecule has 2 aromatic heterocycles. The predicted octanol–water partition coefficient (Wildman–Crippen LogP) is 9.47. The van der Waals surface area contributed by atoms with Crippen molar-refractivity contribution in [3.05, 3.63) is 118 Å². The second-order valence-electron chi connectivity index (χ2n) is 9.34. The van der Waals surface area contributed by atoms with Crippen molar-refractivity contribution in [1.82, 2.24) is 0 Å². The van der Waals surface area contributed by atoms with Gasteiger partial charge in [-0.2, -0.15) is 0 Å². The van der Waals surface area contributed by atoms with Gasteiger partial charge < -0.3 is 0 Å². The monoisotopic (exact) mass is 490 g/mol. The van der Waals surface area contributed by atoms with Crippen LogP contribution in [0.4, 0.5) is 4.39 Å². The highest BCUT2D eigenvalue weighted by Gasteiger charge is 2.28. The minimum atomic E-state index is -0.170. The van der Waals surface area contributed by atoms with Crippen molar-refractivity contribution in [3.8, 4) is 22.3 Å². The highest BCUT2D eigenvalue weighted by Crippen LogP contribution is 2.55. The van der Waals surface area contributed by atoms with Crippen molar-refractivity contribution in [2.75, 3.05) is 0 Å². The molecule has 170 valence electrons. The summed E-state index contributed by atoms with van der Waals surface area (Å²) >= 11 is 3.83. The van der Waals surface area contributed by atoms with E-state index in [9.17, 15) is 4.39 Å². The average Bonchev–Trinajstić information content (AvgIpc) is 3.47. The van der Waals surface area contributed by atoms with E-state index in [0.29, 0.717) is 0 Å². The molecule has 0 N–H and O–H groups in total. The lowest BCUT2D eigenvalue weighted by atomic mass is 9.77. The molecular formula is C32H23FS2. The molecule has 0 aliphatic heterocycles. The molecule has 35 heavy (non-hydrogen) atoms. The van der Waals surface area contributed by atoms with Crippen LogP contribution in [0.1, 0.15) is 20.9 Å². The molecule has 0 fully saturated rings. The zero-order valence-electron chi connectivity index (χ0n) is 19.2. The van der Waals surface area contributed by atoms with Gasteiger partial charge >= 0.3 is 0 Å². The second kappa shape index (κ2) is 8.44. The third kappa shape index (κ3) is 3.71. The van der Waals surface area contributed by atoms with E-state index in [2.05, 4.69) is 66.7 Å². The molecule has 4 aromatic carbocycles. The van der Waals surface area contributed by atoms with E-state index in [1.165, 1.54) is 63.3 Å². The van der Waals surface area contributed by atoms with Gasteiger partial charge in [0.05, 0.1) is 0 Å². The Hall–Kier alpha value is -3.27. The number of hydrogen-bond donors (Lipinski definition) is 0. The number of thiophene rings is 2. The largest absolute Gasteiger partial charge is 0.207 e. The molecule has 0 saturated carbocycles. The Morgan fingerprint density at radius 1 is 0.514 bits per heavy atom. The summed E-state index contributed by atoms with van der Waals surface area (Å²) in [5, 5.41) is 2.79. The van der Waals surface area contributed by atoms with Gasteiger partial charge in [0.15, 0.2) is 0 Å². The summed E-state index contributed by atoms with van der Waals surface area (Å²) in [4.78, 5) is 2.86. The Morgan fingerprint density at radius 2 is 1.03 bits per heavy atom. The zero-order valence-corrected chi connectivity index (χ0v) is 20.8. The van der Waals surface area contributed by atoms with Crippen LogP contribution in [-0.2, 0) is 25.7 Å². The zero-order chi connectivity index (χ0) is 23.4. The molecule has 0 saturated heterocycles. The molecule has 0 unspecified atom stereocenters. The van der Waals surface area contributed by atoms with Crippen LogP contribution in [0.15, 0.2) is 91.0 Å². The van der Waals surface area contributed by atoms with E-state index in [-0.39, 0.29) is 5.82 Å². The van der Waals surface area contributed by atoms with E-state index >= 15 is 0 Å². The third-order valence-corrected chi connectivity index (χ3v) is 9.44. The SMILES string of the molecule is Fc1ccc(CCc2cc3c4c(ccc3s2)-c2c-4ccc3sc(CCc4ccccc4)cc23)cc1. The highest BCUT2D eigenvalue weighted by molar-refractivity contribution is 7.19. The number of rotatable bonds is 6. The number of benzene rings is 4. The molecule has 0 amide bonds. The standard InChI is InChI=1S/C32H23FS2/c33-22-10-6-21(7-11-22)9-13-24-19-28-30(35-24)17-15-26-31-25(32(26)28)14-16-29-27(31)18-23(34-29)12-8-20-4-2-1-3-5-20/h1-7,10-11,14-19H,8-9,12-13H2. The number of hydrogen-bond acceptors (Lipinski definition) is 2. The van der Waals surface area contributed by atoms with Gasteiger partial charge in [0, 0.05) is 29.9 Å². The minimum absolute atomic E-state index is 0.170. The fourth-order valence-corrected chi connectivity index (χ4v) is 7.48. The first-order valence-corrected chi connectivity index (χ1v) is 13.8. The fraction of sp³-hybridized carbons (Fsp3) is 0.125. The maximum Gasteiger partial charge on any atom is 0.123 e. The van der Waals surface area contributed by atoms with Gasteiger partial charge in [0.2, 0.25) is 0 Å². The van der Waals surface area contributed by atoms with Gasteiger partial charge in [-0.25, -0.2) is 4.39 Å². The van der Waals surface area contributed by atoms with Crippen LogP contribution in [0.3, 0.4) is 0 Å². The van der Waals surface area contributed by atoms with Crippen molar-refractivity contribution in [2.24, 2.45) is 0 Å². The minimum Gasteiger partial charge on any atom is -0.207 e. The fourth-order valence-electron chi connectivity index (χ4n) is 5.34. The van der Waals surface area contributed by atoms with Crippen LogP contribution < -0.4 is 0 Å². The molecule has 7 rings (SSSR count). The van der Waals surface area contributed by atoms with Crippen molar-refractivity contribution in [3.63, 3.8) is 0 Å². The second-order valence-corrected chi connectivity index (χ2v) is 11.7. The molecule has 1 aliphatic rings. The molecule has 2 heterocycles. The van der Waals surface area contributed by atoms with Crippen LogP contribution >= 0.6 is 22.7 Å². The maximum atomic E-state index is 13.2. The topological polar surface area (TPSA) is 0 Å². The smallest absolute Gasteiger partial charge is 0.123 e. The summed E-state index contributed by atoms with van der Waals surface area (Å²) in [7, 11) is 0. The van der Waals surface area contributed by atoms with Crippen molar-refractivity contribution < 1.29 is 4.39 Å². The first kappa shape index (κ1) is 21.0. The first-order chi connectivity index (χ1) is 17.2. The van der Waals surface area contributed by atoms with Crippen molar-refractivity contribution in [2.45, 2.75) is 25.7 Å². The van der Waals surface area contributed by atoms with E-state index in [1.807, 2.05) is 34.8 Å². The molecule has 0 nitrogen and oxygen atoms in total.